The molecule has 0 atom stereocenters. The van der Waals surface area contributed by atoms with E-state index in [1.807, 2.05) is 121 Å². The van der Waals surface area contributed by atoms with Gasteiger partial charge in [0.25, 0.3) is 0 Å². The maximum absolute atomic E-state index is 13.4. The predicted molar refractivity (Wildman–Crippen MR) is 153 cm³/mol. The van der Waals surface area contributed by atoms with Crippen LogP contribution in [0.1, 0.15) is 54.0 Å². The van der Waals surface area contributed by atoms with Crippen molar-refractivity contribution in [3.63, 3.8) is 0 Å². The van der Waals surface area contributed by atoms with Crippen LogP contribution in [0.15, 0.2) is 138 Å². The molecule has 0 saturated heterocycles. The Morgan fingerprint density at radius 2 is 1.03 bits per heavy atom. The maximum atomic E-state index is 13.4. The summed E-state index contributed by atoms with van der Waals surface area (Å²) in [5.74, 6) is 0.112. The summed E-state index contributed by atoms with van der Waals surface area (Å²) in [4.78, 5) is 19.9. The van der Waals surface area contributed by atoms with E-state index in [2.05, 4.69) is 0 Å². The van der Waals surface area contributed by atoms with Gasteiger partial charge in [0.1, 0.15) is 11.7 Å². The number of hydrogen-bond acceptors (Lipinski definition) is 4. The standard InChI is InChI=1S/C34H31NO4/c1-34(2,37)31-23-29(36)30(38-32(25-15-7-3-8-16-25)26-17-9-4-10-18-26)24-35(31)39-33(27-19-11-5-12-20-27)28-21-13-6-14-22-28/h3-24,32-33,37H,1-2H3. The summed E-state index contributed by atoms with van der Waals surface area (Å²) in [6.45, 7) is 3.25. The first-order valence-electron chi connectivity index (χ1n) is 12.9. The number of aromatic nitrogens is 1. The number of rotatable bonds is 9. The molecule has 0 aliphatic carbocycles. The quantitative estimate of drug-likeness (QED) is 0.244. The van der Waals surface area contributed by atoms with Crippen LogP contribution in [0.3, 0.4) is 0 Å². The van der Waals surface area contributed by atoms with Gasteiger partial charge in [0.05, 0.1) is 11.9 Å². The van der Waals surface area contributed by atoms with Crippen molar-refractivity contribution in [3.05, 3.63) is 172 Å². The van der Waals surface area contributed by atoms with Gasteiger partial charge in [0.15, 0.2) is 11.9 Å². The third kappa shape index (κ3) is 6.11. The number of ether oxygens (including phenoxy) is 1. The predicted octanol–water partition coefficient (Wildman–Crippen LogP) is 6.46. The van der Waals surface area contributed by atoms with Crippen molar-refractivity contribution in [3.8, 4) is 5.75 Å². The molecular formula is C34H31NO4. The molecule has 0 aliphatic heterocycles. The fourth-order valence-electron chi connectivity index (χ4n) is 4.52. The minimum Gasteiger partial charge on any atom is -0.475 e. The molecule has 196 valence electrons. The lowest BCUT2D eigenvalue weighted by atomic mass is 10.0. The van der Waals surface area contributed by atoms with Crippen molar-refractivity contribution in [2.45, 2.75) is 31.7 Å². The number of aliphatic hydroxyl groups is 1. The van der Waals surface area contributed by atoms with Crippen molar-refractivity contribution < 1.29 is 14.7 Å². The Kier molecular flexibility index (Phi) is 7.62. The van der Waals surface area contributed by atoms with Crippen LogP contribution in [0.2, 0.25) is 0 Å². The molecule has 5 heteroatoms. The molecule has 0 bridgehead atoms. The van der Waals surface area contributed by atoms with Crippen LogP contribution in [0.5, 0.6) is 5.75 Å². The Hall–Kier alpha value is -4.61. The second-order valence-corrected chi connectivity index (χ2v) is 9.90. The molecule has 1 heterocycles. The van der Waals surface area contributed by atoms with Gasteiger partial charge in [0.2, 0.25) is 5.43 Å². The smallest absolute Gasteiger partial charge is 0.224 e. The van der Waals surface area contributed by atoms with E-state index in [0.29, 0.717) is 5.69 Å². The SMILES string of the molecule is CC(C)(O)c1cc(=O)c(OC(c2ccccc2)c2ccccc2)cn1OC(c1ccccc1)c1ccccc1. The van der Waals surface area contributed by atoms with Crippen LogP contribution in [0.25, 0.3) is 0 Å². The number of pyridine rings is 1. The molecule has 5 aromatic rings. The van der Waals surface area contributed by atoms with Gasteiger partial charge in [-0.3, -0.25) is 4.79 Å². The summed E-state index contributed by atoms with van der Waals surface area (Å²) in [7, 11) is 0. The number of benzene rings is 4. The molecule has 0 aliphatic rings. The molecule has 0 radical (unpaired) electrons. The molecule has 0 saturated carbocycles. The molecular weight excluding hydrogens is 486 g/mol. The highest BCUT2D eigenvalue weighted by atomic mass is 16.7. The van der Waals surface area contributed by atoms with Gasteiger partial charge in [-0.1, -0.05) is 121 Å². The average molecular weight is 518 g/mol. The van der Waals surface area contributed by atoms with Crippen molar-refractivity contribution in [1.29, 1.82) is 0 Å². The first kappa shape index (κ1) is 26.0. The van der Waals surface area contributed by atoms with Crippen LogP contribution in [0.4, 0.5) is 0 Å². The largest absolute Gasteiger partial charge is 0.475 e. The highest BCUT2D eigenvalue weighted by molar-refractivity contribution is 5.34. The van der Waals surface area contributed by atoms with E-state index in [9.17, 15) is 9.90 Å². The molecule has 0 unspecified atom stereocenters. The molecule has 5 nitrogen and oxygen atoms in total. The third-order valence-electron chi connectivity index (χ3n) is 6.48. The van der Waals surface area contributed by atoms with Crippen LogP contribution in [-0.4, -0.2) is 9.84 Å². The first-order chi connectivity index (χ1) is 18.9. The average Bonchev–Trinajstić information content (AvgIpc) is 2.97. The number of hydrogen-bond donors (Lipinski definition) is 1. The Labute approximate surface area is 228 Å². The molecule has 0 spiro atoms. The Morgan fingerprint density at radius 1 is 0.641 bits per heavy atom. The molecule has 1 N–H and O–H groups in total. The van der Waals surface area contributed by atoms with Crippen LogP contribution >= 0.6 is 0 Å². The van der Waals surface area contributed by atoms with E-state index in [4.69, 9.17) is 9.57 Å². The molecule has 4 aromatic carbocycles. The Balaban J connectivity index is 1.60. The highest BCUT2D eigenvalue weighted by Gasteiger charge is 2.27. The van der Waals surface area contributed by atoms with Crippen LogP contribution in [-0.2, 0) is 5.60 Å². The minimum absolute atomic E-state index is 0.112. The monoisotopic (exact) mass is 517 g/mol. The summed E-state index contributed by atoms with van der Waals surface area (Å²) < 4.78 is 7.89. The minimum atomic E-state index is -1.35. The van der Waals surface area contributed by atoms with E-state index >= 15 is 0 Å². The van der Waals surface area contributed by atoms with E-state index in [1.165, 1.54) is 17.0 Å². The lowest BCUT2D eigenvalue weighted by Gasteiger charge is -2.28. The van der Waals surface area contributed by atoms with E-state index < -0.39 is 17.8 Å². The third-order valence-corrected chi connectivity index (χ3v) is 6.48. The summed E-state index contributed by atoms with van der Waals surface area (Å²) in [5.41, 5.74) is 2.29. The Bertz CT molecular complexity index is 1460. The summed E-state index contributed by atoms with van der Waals surface area (Å²) in [6.07, 6.45) is 0.524. The summed E-state index contributed by atoms with van der Waals surface area (Å²) in [6, 6.07) is 40.6. The topological polar surface area (TPSA) is 60.7 Å². The normalized spacial score (nSPS) is 11.5. The summed E-state index contributed by atoms with van der Waals surface area (Å²) in [5, 5.41) is 11.0. The van der Waals surface area contributed by atoms with Gasteiger partial charge in [-0.05, 0) is 36.1 Å². The molecule has 0 amide bonds. The zero-order chi connectivity index (χ0) is 27.2. The lowest BCUT2D eigenvalue weighted by molar-refractivity contribution is 0.00570. The number of nitrogens with zero attached hydrogens (tertiary/aromatic N) is 1. The van der Waals surface area contributed by atoms with Gasteiger partial charge in [-0.2, -0.15) is 4.73 Å². The zero-order valence-electron chi connectivity index (χ0n) is 22.0. The van der Waals surface area contributed by atoms with E-state index in [1.54, 1.807) is 13.8 Å². The fourth-order valence-corrected chi connectivity index (χ4v) is 4.52. The van der Waals surface area contributed by atoms with Crippen molar-refractivity contribution in [1.82, 2.24) is 4.73 Å². The van der Waals surface area contributed by atoms with Gasteiger partial charge >= 0.3 is 0 Å². The fraction of sp³-hybridized carbons (Fsp3) is 0.147. The van der Waals surface area contributed by atoms with Crippen molar-refractivity contribution in [2.75, 3.05) is 0 Å². The van der Waals surface area contributed by atoms with E-state index in [0.717, 1.165) is 22.3 Å². The molecule has 5 rings (SSSR count). The zero-order valence-corrected chi connectivity index (χ0v) is 22.0. The van der Waals surface area contributed by atoms with Gasteiger partial charge in [-0.25, -0.2) is 0 Å². The van der Waals surface area contributed by atoms with Gasteiger partial charge < -0.3 is 14.7 Å². The van der Waals surface area contributed by atoms with E-state index in [-0.39, 0.29) is 11.2 Å². The second kappa shape index (κ2) is 11.4. The van der Waals surface area contributed by atoms with Crippen LogP contribution in [0, 0.1) is 0 Å². The second-order valence-electron chi connectivity index (χ2n) is 9.90. The molecule has 1 aromatic heterocycles. The lowest BCUT2D eigenvalue weighted by Crippen LogP contribution is -2.31. The van der Waals surface area contributed by atoms with Gasteiger partial charge in [-0.15, -0.1) is 0 Å². The van der Waals surface area contributed by atoms with Crippen molar-refractivity contribution in [2.24, 2.45) is 0 Å². The van der Waals surface area contributed by atoms with Crippen LogP contribution < -0.4 is 15.0 Å². The first-order valence-corrected chi connectivity index (χ1v) is 12.9. The maximum Gasteiger partial charge on any atom is 0.224 e. The molecule has 39 heavy (non-hydrogen) atoms. The molecule has 0 fully saturated rings. The van der Waals surface area contributed by atoms with Gasteiger partial charge in [0, 0.05) is 6.07 Å². The summed E-state index contributed by atoms with van der Waals surface area (Å²) >= 11 is 0. The Morgan fingerprint density at radius 3 is 1.41 bits per heavy atom. The van der Waals surface area contributed by atoms with Crippen molar-refractivity contribution >= 4 is 0 Å². The highest BCUT2D eigenvalue weighted by Crippen LogP contribution is 2.30.